The van der Waals surface area contributed by atoms with Crippen molar-refractivity contribution in [3.05, 3.63) is 64.2 Å². The van der Waals surface area contributed by atoms with Gasteiger partial charge >= 0.3 is 0 Å². The Balaban J connectivity index is 1.49. The second-order valence-electron chi connectivity index (χ2n) is 6.34. The normalized spacial score (nSPS) is 16.0. The molecule has 27 heavy (non-hydrogen) atoms. The maximum atomic E-state index is 12.1. The minimum absolute atomic E-state index is 0.330. The van der Waals surface area contributed by atoms with Crippen LogP contribution in [0, 0.1) is 6.92 Å². The van der Waals surface area contributed by atoms with Crippen molar-refractivity contribution in [2.75, 3.05) is 6.61 Å². The second kappa shape index (κ2) is 8.88. The summed E-state index contributed by atoms with van der Waals surface area (Å²) in [6.45, 7) is 2.87. The zero-order chi connectivity index (χ0) is 19.2. The second-order valence-corrected chi connectivity index (χ2v) is 6.75. The number of nitrogens with one attached hydrogen (secondary N) is 2. The fourth-order valence-electron chi connectivity index (χ4n) is 2.68. The number of benzene rings is 2. The first kappa shape index (κ1) is 19.2. The van der Waals surface area contributed by atoms with Gasteiger partial charge in [-0.2, -0.15) is 0 Å². The molecule has 6 nitrogen and oxygen atoms in total. The van der Waals surface area contributed by atoms with Crippen molar-refractivity contribution in [1.82, 2.24) is 10.9 Å². The van der Waals surface area contributed by atoms with Gasteiger partial charge < -0.3 is 9.47 Å². The molecule has 1 unspecified atom stereocenters. The zero-order valence-electron chi connectivity index (χ0n) is 15.0. The molecular weight excluding hydrogens is 368 g/mol. The third-order valence-corrected chi connectivity index (χ3v) is 4.70. The lowest BCUT2D eigenvalue weighted by Gasteiger charge is -2.12. The first-order valence-corrected chi connectivity index (χ1v) is 9.10. The molecule has 0 aromatic heterocycles. The number of rotatable bonds is 5. The standard InChI is InChI=1S/C20H21ClN2O4/c1-13-11-16(8-9-17(13)21)27-12-14-4-6-15(7-5-14)19(24)22-23-20(25)18-3-2-10-26-18/h4-9,11,18H,2-3,10,12H2,1H3,(H,22,24)(H,23,25). The predicted molar refractivity (Wildman–Crippen MR) is 102 cm³/mol. The summed E-state index contributed by atoms with van der Waals surface area (Å²) in [7, 11) is 0. The lowest BCUT2D eigenvalue weighted by molar-refractivity contribution is -0.130. The van der Waals surface area contributed by atoms with E-state index in [4.69, 9.17) is 21.1 Å². The summed E-state index contributed by atoms with van der Waals surface area (Å²) >= 11 is 6.00. The number of carbonyl (C=O) groups is 2. The number of aryl methyl sites for hydroxylation is 1. The van der Waals surface area contributed by atoms with Gasteiger partial charge in [0.05, 0.1) is 0 Å². The Morgan fingerprint density at radius 2 is 1.96 bits per heavy atom. The fourth-order valence-corrected chi connectivity index (χ4v) is 2.80. The highest BCUT2D eigenvalue weighted by Crippen LogP contribution is 2.22. The van der Waals surface area contributed by atoms with Gasteiger partial charge in [0, 0.05) is 17.2 Å². The van der Waals surface area contributed by atoms with E-state index in [9.17, 15) is 9.59 Å². The summed E-state index contributed by atoms with van der Waals surface area (Å²) in [4.78, 5) is 23.9. The van der Waals surface area contributed by atoms with Crippen LogP contribution in [0.5, 0.6) is 5.75 Å². The highest BCUT2D eigenvalue weighted by Gasteiger charge is 2.23. The van der Waals surface area contributed by atoms with Crippen molar-refractivity contribution in [3.8, 4) is 5.75 Å². The summed E-state index contributed by atoms with van der Waals surface area (Å²) < 4.78 is 11.0. The third kappa shape index (κ3) is 5.21. The molecule has 0 saturated carbocycles. The molecule has 1 heterocycles. The van der Waals surface area contributed by atoms with Gasteiger partial charge in [-0.3, -0.25) is 20.4 Å². The summed E-state index contributed by atoms with van der Waals surface area (Å²) in [5, 5.41) is 0.698. The first-order valence-electron chi connectivity index (χ1n) is 8.72. The molecule has 2 amide bonds. The van der Waals surface area contributed by atoms with Crippen molar-refractivity contribution in [2.45, 2.75) is 32.5 Å². The predicted octanol–water partition coefficient (Wildman–Crippen LogP) is 3.17. The van der Waals surface area contributed by atoms with Crippen molar-refractivity contribution < 1.29 is 19.1 Å². The third-order valence-electron chi connectivity index (χ3n) is 4.27. The average molecular weight is 389 g/mol. The van der Waals surface area contributed by atoms with Crippen molar-refractivity contribution in [3.63, 3.8) is 0 Å². The highest BCUT2D eigenvalue weighted by molar-refractivity contribution is 6.31. The average Bonchev–Trinajstić information content (AvgIpc) is 3.22. The monoisotopic (exact) mass is 388 g/mol. The molecule has 0 bridgehead atoms. The maximum Gasteiger partial charge on any atom is 0.269 e. The van der Waals surface area contributed by atoms with Gasteiger partial charge in [-0.25, -0.2) is 0 Å². The van der Waals surface area contributed by atoms with E-state index in [-0.39, 0.29) is 11.8 Å². The van der Waals surface area contributed by atoms with Crippen LogP contribution in [0.15, 0.2) is 42.5 Å². The molecule has 142 valence electrons. The Hall–Kier alpha value is -2.57. The van der Waals surface area contributed by atoms with Crippen LogP contribution in [0.4, 0.5) is 0 Å². The molecule has 2 aromatic rings. The molecule has 3 rings (SSSR count). The zero-order valence-corrected chi connectivity index (χ0v) is 15.7. The lowest BCUT2D eigenvalue weighted by atomic mass is 10.1. The Bertz CT molecular complexity index is 817. The van der Waals surface area contributed by atoms with E-state index in [0.717, 1.165) is 23.3 Å². The van der Waals surface area contributed by atoms with E-state index < -0.39 is 6.10 Å². The molecule has 2 N–H and O–H groups in total. The van der Waals surface area contributed by atoms with Gasteiger partial charge in [0.2, 0.25) is 0 Å². The molecule has 0 spiro atoms. The molecule has 1 fully saturated rings. The summed E-state index contributed by atoms with van der Waals surface area (Å²) in [5.74, 6) is 0.0156. The molecule has 1 atom stereocenters. The van der Waals surface area contributed by atoms with Crippen molar-refractivity contribution in [1.29, 1.82) is 0 Å². The maximum absolute atomic E-state index is 12.1. The number of hydrogen-bond donors (Lipinski definition) is 2. The quantitative estimate of drug-likeness (QED) is 0.771. The molecular formula is C20H21ClN2O4. The smallest absolute Gasteiger partial charge is 0.269 e. The summed E-state index contributed by atoms with van der Waals surface area (Å²) in [5.41, 5.74) is 7.11. The van der Waals surface area contributed by atoms with E-state index in [1.54, 1.807) is 30.3 Å². The van der Waals surface area contributed by atoms with Crippen LogP contribution in [0.1, 0.15) is 34.3 Å². The van der Waals surface area contributed by atoms with E-state index in [0.29, 0.717) is 30.2 Å². The molecule has 1 saturated heterocycles. The molecule has 0 radical (unpaired) electrons. The van der Waals surface area contributed by atoms with E-state index in [1.807, 2.05) is 19.1 Å². The first-order chi connectivity index (χ1) is 13.0. The van der Waals surface area contributed by atoms with E-state index in [2.05, 4.69) is 10.9 Å². The highest BCUT2D eigenvalue weighted by atomic mass is 35.5. The van der Waals surface area contributed by atoms with E-state index >= 15 is 0 Å². The topological polar surface area (TPSA) is 76.7 Å². The van der Waals surface area contributed by atoms with Gasteiger partial charge in [-0.05, 0) is 61.2 Å². The van der Waals surface area contributed by atoms with Crippen LogP contribution in [0.2, 0.25) is 5.02 Å². The molecule has 1 aliphatic heterocycles. The van der Waals surface area contributed by atoms with Crippen LogP contribution in [-0.4, -0.2) is 24.5 Å². The minimum atomic E-state index is -0.485. The fraction of sp³-hybridized carbons (Fsp3) is 0.300. The van der Waals surface area contributed by atoms with Crippen LogP contribution in [0.25, 0.3) is 0 Å². The SMILES string of the molecule is Cc1cc(OCc2ccc(C(=O)NNC(=O)C3CCCO3)cc2)ccc1Cl. The number of halogens is 1. The molecule has 1 aliphatic rings. The lowest BCUT2D eigenvalue weighted by Crippen LogP contribution is -2.46. The van der Waals surface area contributed by atoms with Crippen LogP contribution < -0.4 is 15.6 Å². The van der Waals surface area contributed by atoms with Crippen LogP contribution in [0.3, 0.4) is 0 Å². The number of hydrazine groups is 1. The Morgan fingerprint density at radius 1 is 1.19 bits per heavy atom. The largest absolute Gasteiger partial charge is 0.489 e. The van der Waals surface area contributed by atoms with Gasteiger partial charge in [-0.15, -0.1) is 0 Å². The van der Waals surface area contributed by atoms with Gasteiger partial charge in [0.15, 0.2) is 0 Å². The Labute approximate surface area is 162 Å². The molecule has 2 aromatic carbocycles. The van der Waals surface area contributed by atoms with Gasteiger partial charge in [0.1, 0.15) is 18.5 Å². The van der Waals surface area contributed by atoms with Crippen molar-refractivity contribution >= 4 is 23.4 Å². The number of amides is 2. The van der Waals surface area contributed by atoms with Gasteiger partial charge in [-0.1, -0.05) is 23.7 Å². The number of carbonyl (C=O) groups excluding carboxylic acids is 2. The summed E-state index contributed by atoms with van der Waals surface area (Å²) in [6, 6.07) is 12.5. The summed E-state index contributed by atoms with van der Waals surface area (Å²) in [6.07, 6.45) is 1.04. The number of hydrogen-bond acceptors (Lipinski definition) is 4. The minimum Gasteiger partial charge on any atom is -0.489 e. The van der Waals surface area contributed by atoms with Gasteiger partial charge in [0.25, 0.3) is 11.8 Å². The van der Waals surface area contributed by atoms with Crippen molar-refractivity contribution in [2.24, 2.45) is 0 Å². The Morgan fingerprint density at radius 3 is 2.63 bits per heavy atom. The van der Waals surface area contributed by atoms with Crippen LogP contribution in [-0.2, 0) is 16.1 Å². The molecule has 0 aliphatic carbocycles. The number of ether oxygens (including phenoxy) is 2. The van der Waals surface area contributed by atoms with Crippen LogP contribution >= 0.6 is 11.6 Å². The van der Waals surface area contributed by atoms with E-state index in [1.165, 1.54) is 0 Å². The molecule has 7 heteroatoms. The Kier molecular flexibility index (Phi) is 6.32.